The number of nitrogens with zero attached hydrogens (tertiary/aromatic N) is 1. The summed E-state index contributed by atoms with van der Waals surface area (Å²) in [6.45, 7) is 0. The highest BCUT2D eigenvalue weighted by molar-refractivity contribution is 7.16. The van der Waals surface area contributed by atoms with Crippen LogP contribution < -0.4 is 10.1 Å². The molecule has 1 amide bonds. The zero-order valence-corrected chi connectivity index (χ0v) is 15.4. The van der Waals surface area contributed by atoms with Gasteiger partial charge in [-0.1, -0.05) is 23.2 Å². The van der Waals surface area contributed by atoms with Gasteiger partial charge in [0.05, 0.1) is 23.4 Å². The van der Waals surface area contributed by atoms with Crippen LogP contribution in [0.4, 0.5) is 5.13 Å². The van der Waals surface area contributed by atoms with E-state index in [1.807, 2.05) is 18.2 Å². The number of benzene rings is 2. The lowest BCUT2D eigenvalue weighted by atomic mass is 10.1. The summed E-state index contributed by atoms with van der Waals surface area (Å²) >= 11 is 13.4. The molecule has 0 saturated heterocycles. The number of halogens is 2. The summed E-state index contributed by atoms with van der Waals surface area (Å²) in [6, 6.07) is 10.7. The van der Waals surface area contributed by atoms with Crippen molar-refractivity contribution in [2.24, 2.45) is 0 Å². The second-order valence-corrected chi connectivity index (χ2v) is 7.50. The first kappa shape index (κ1) is 16.4. The number of ether oxygens (including phenoxy) is 1. The number of rotatable bonds is 3. The van der Waals surface area contributed by atoms with E-state index in [1.165, 1.54) is 16.9 Å². The number of nitrogens with one attached hydrogen (secondary N) is 1. The van der Waals surface area contributed by atoms with Crippen LogP contribution >= 0.6 is 34.5 Å². The number of carbonyl (C=O) groups excluding carboxylic acids is 1. The van der Waals surface area contributed by atoms with Crippen LogP contribution in [0.3, 0.4) is 0 Å². The molecule has 1 aliphatic rings. The number of hydrogen-bond acceptors (Lipinski definition) is 4. The molecule has 1 aromatic heterocycles. The Kier molecular flexibility index (Phi) is 4.15. The molecule has 4 rings (SSSR count). The molecular formula is C18H12Cl2N2O2S. The second kappa shape index (κ2) is 6.33. The van der Waals surface area contributed by atoms with E-state index in [0.29, 0.717) is 20.7 Å². The summed E-state index contributed by atoms with van der Waals surface area (Å²) in [7, 11) is 1.65. The van der Waals surface area contributed by atoms with Crippen molar-refractivity contribution < 1.29 is 9.53 Å². The maximum atomic E-state index is 12.4. The molecule has 0 aliphatic heterocycles. The fourth-order valence-electron chi connectivity index (χ4n) is 2.82. The smallest absolute Gasteiger partial charge is 0.258 e. The molecule has 0 bridgehead atoms. The van der Waals surface area contributed by atoms with E-state index in [4.69, 9.17) is 27.9 Å². The van der Waals surface area contributed by atoms with Crippen molar-refractivity contribution >= 4 is 45.6 Å². The first-order valence-electron chi connectivity index (χ1n) is 7.48. The molecular weight excluding hydrogens is 379 g/mol. The Labute approximate surface area is 158 Å². The first-order chi connectivity index (χ1) is 12.0. The number of hydrogen-bond donors (Lipinski definition) is 1. The van der Waals surface area contributed by atoms with Crippen LogP contribution in [0.15, 0.2) is 36.4 Å². The second-order valence-electron chi connectivity index (χ2n) is 5.57. The van der Waals surface area contributed by atoms with Crippen molar-refractivity contribution in [3.63, 3.8) is 0 Å². The molecule has 1 heterocycles. The number of anilines is 1. The predicted molar refractivity (Wildman–Crippen MR) is 101 cm³/mol. The molecule has 0 fully saturated rings. The molecule has 0 saturated carbocycles. The average molecular weight is 391 g/mol. The third kappa shape index (κ3) is 2.99. The van der Waals surface area contributed by atoms with E-state index in [0.717, 1.165) is 28.3 Å². The summed E-state index contributed by atoms with van der Waals surface area (Å²) in [4.78, 5) is 18.1. The standard InChI is InChI=1S/C18H12Cl2N2O2S/c1-24-11-3-5-12-9(6-11)7-15-16(12)21-18(25-15)22-17(23)13-4-2-10(19)8-14(13)20/h2-6,8H,7H2,1H3,(H,21,22,23). The van der Waals surface area contributed by atoms with E-state index < -0.39 is 0 Å². The van der Waals surface area contributed by atoms with Gasteiger partial charge in [0.1, 0.15) is 5.75 Å². The van der Waals surface area contributed by atoms with Gasteiger partial charge < -0.3 is 4.74 Å². The highest BCUT2D eigenvalue weighted by Crippen LogP contribution is 2.42. The molecule has 7 heteroatoms. The van der Waals surface area contributed by atoms with Gasteiger partial charge in [-0.2, -0.15) is 0 Å². The van der Waals surface area contributed by atoms with Gasteiger partial charge in [-0.3, -0.25) is 10.1 Å². The van der Waals surface area contributed by atoms with Crippen molar-refractivity contribution in [2.45, 2.75) is 6.42 Å². The molecule has 4 nitrogen and oxygen atoms in total. The Hall–Kier alpha value is -2.08. The van der Waals surface area contributed by atoms with Gasteiger partial charge in [0.2, 0.25) is 0 Å². The number of fused-ring (bicyclic) bond motifs is 3. The molecule has 0 radical (unpaired) electrons. The normalized spacial score (nSPS) is 11.8. The zero-order valence-electron chi connectivity index (χ0n) is 13.1. The van der Waals surface area contributed by atoms with Crippen LogP contribution in [0.2, 0.25) is 10.0 Å². The van der Waals surface area contributed by atoms with Gasteiger partial charge in [0, 0.05) is 21.9 Å². The molecule has 0 atom stereocenters. The molecule has 1 N–H and O–H groups in total. The quantitative estimate of drug-likeness (QED) is 0.517. The summed E-state index contributed by atoms with van der Waals surface area (Å²) in [5.41, 5.74) is 3.55. The van der Waals surface area contributed by atoms with Crippen LogP contribution in [0.1, 0.15) is 20.8 Å². The maximum absolute atomic E-state index is 12.4. The predicted octanol–water partition coefficient (Wildman–Crippen LogP) is 5.28. The molecule has 1 aliphatic carbocycles. The Balaban J connectivity index is 1.59. The molecule has 25 heavy (non-hydrogen) atoms. The number of amides is 1. The number of carbonyl (C=O) groups is 1. The van der Waals surface area contributed by atoms with E-state index in [-0.39, 0.29) is 5.91 Å². The van der Waals surface area contributed by atoms with Crippen molar-refractivity contribution in [1.29, 1.82) is 0 Å². The van der Waals surface area contributed by atoms with Crippen molar-refractivity contribution in [3.8, 4) is 17.0 Å². The van der Waals surface area contributed by atoms with Gasteiger partial charge in [0.25, 0.3) is 5.91 Å². The summed E-state index contributed by atoms with van der Waals surface area (Å²) < 4.78 is 5.26. The summed E-state index contributed by atoms with van der Waals surface area (Å²) in [5, 5.41) is 4.17. The fourth-order valence-corrected chi connectivity index (χ4v) is 4.31. The van der Waals surface area contributed by atoms with Crippen LogP contribution in [0, 0.1) is 0 Å². The fraction of sp³-hybridized carbons (Fsp3) is 0.111. The monoisotopic (exact) mass is 390 g/mol. The zero-order chi connectivity index (χ0) is 17.6. The van der Waals surface area contributed by atoms with E-state index in [9.17, 15) is 4.79 Å². The first-order valence-corrected chi connectivity index (χ1v) is 9.06. The van der Waals surface area contributed by atoms with Crippen molar-refractivity contribution in [3.05, 3.63) is 62.4 Å². The maximum Gasteiger partial charge on any atom is 0.258 e. The minimum absolute atomic E-state index is 0.302. The Morgan fingerprint density at radius 2 is 2.08 bits per heavy atom. The van der Waals surface area contributed by atoms with Gasteiger partial charge in [0.15, 0.2) is 5.13 Å². The number of aromatic nitrogens is 1. The molecule has 0 spiro atoms. The van der Waals surface area contributed by atoms with Crippen LogP contribution in [-0.4, -0.2) is 18.0 Å². The third-order valence-electron chi connectivity index (χ3n) is 4.01. The van der Waals surface area contributed by atoms with E-state index in [1.54, 1.807) is 25.3 Å². The summed E-state index contributed by atoms with van der Waals surface area (Å²) in [5.74, 6) is 0.531. The lowest BCUT2D eigenvalue weighted by Crippen LogP contribution is -2.12. The van der Waals surface area contributed by atoms with Crippen LogP contribution in [0.5, 0.6) is 5.75 Å². The minimum Gasteiger partial charge on any atom is -0.497 e. The van der Waals surface area contributed by atoms with Gasteiger partial charge in [-0.25, -0.2) is 4.98 Å². The minimum atomic E-state index is -0.302. The molecule has 0 unspecified atom stereocenters. The molecule has 3 aromatic rings. The lowest BCUT2D eigenvalue weighted by molar-refractivity contribution is 0.102. The number of methoxy groups -OCH3 is 1. The van der Waals surface area contributed by atoms with Crippen molar-refractivity contribution in [2.75, 3.05) is 12.4 Å². The highest BCUT2D eigenvalue weighted by Gasteiger charge is 2.24. The Morgan fingerprint density at radius 3 is 2.84 bits per heavy atom. The van der Waals surface area contributed by atoms with Gasteiger partial charge >= 0.3 is 0 Å². The van der Waals surface area contributed by atoms with Crippen LogP contribution in [-0.2, 0) is 6.42 Å². The SMILES string of the molecule is COc1ccc2c(c1)Cc1sc(NC(=O)c3ccc(Cl)cc3Cl)nc1-2. The highest BCUT2D eigenvalue weighted by atomic mass is 35.5. The third-order valence-corrected chi connectivity index (χ3v) is 5.53. The topological polar surface area (TPSA) is 51.2 Å². The summed E-state index contributed by atoms with van der Waals surface area (Å²) in [6.07, 6.45) is 0.789. The van der Waals surface area contributed by atoms with E-state index >= 15 is 0 Å². The van der Waals surface area contributed by atoms with Crippen LogP contribution in [0.25, 0.3) is 11.3 Å². The molecule has 2 aromatic carbocycles. The lowest BCUT2D eigenvalue weighted by Gasteiger charge is -2.05. The largest absolute Gasteiger partial charge is 0.497 e. The molecule has 126 valence electrons. The Morgan fingerprint density at radius 1 is 1.24 bits per heavy atom. The Bertz CT molecular complexity index is 1000. The van der Waals surface area contributed by atoms with Crippen molar-refractivity contribution in [1.82, 2.24) is 4.98 Å². The van der Waals surface area contributed by atoms with E-state index in [2.05, 4.69) is 10.3 Å². The van der Waals surface area contributed by atoms with Gasteiger partial charge in [-0.15, -0.1) is 11.3 Å². The number of thiazole rings is 1. The average Bonchev–Trinajstić information content (AvgIpc) is 3.10. The van der Waals surface area contributed by atoms with Gasteiger partial charge in [-0.05, 0) is 42.0 Å².